The van der Waals surface area contributed by atoms with Crippen molar-refractivity contribution in [2.45, 2.75) is 0 Å². The zero-order valence-electron chi connectivity index (χ0n) is 9.97. The molecule has 98 valence electrons. The van der Waals surface area contributed by atoms with E-state index < -0.39 is 0 Å². The summed E-state index contributed by atoms with van der Waals surface area (Å²) in [7, 11) is 0. The number of phenols is 1. The Bertz CT molecular complexity index is 586. The number of benzene rings is 2. The maximum absolute atomic E-state index is 11.7. The number of phenolic OH excluding ortho intramolecular Hbond substituents is 1. The summed E-state index contributed by atoms with van der Waals surface area (Å²) in [5.74, 6) is 0.190. The van der Waals surface area contributed by atoms with Gasteiger partial charge in [0.05, 0.1) is 10.7 Å². The molecule has 19 heavy (non-hydrogen) atoms. The van der Waals surface area contributed by atoms with Crippen LogP contribution in [0.25, 0.3) is 0 Å². The van der Waals surface area contributed by atoms with Crippen molar-refractivity contribution in [1.82, 2.24) is 0 Å². The Kier molecular flexibility index (Phi) is 4.26. The molecular formula is C14H12ClNO3. The lowest BCUT2D eigenvalue weighted by Crippen LogP contribution is -2.20. The highest BCUT2D eigenvalue weighted by molar-refractivity contribution is 6.33. The predicted octanol–water partition coefficient (Wildman–Crippen LogP) is 3.06. The molecule has 0 aromatic heterocycles. The lowest BCUT2D eigenvalue weighted by molar-refractivity contribution is -0.118. The second kappa shape index (κ2) is 6.11. The van der Waals surface area contributed by atoms with Crippen molar-refractivity contribution in [2.24, 2.45) is 0 Å². The van der Waals surface area contributed by atoms with Crippen molar-refractivity contribution in [3.8, 4) is 11.5 Å². The Morgan fingerprint density at radius 3 is 2.74 bits per heavy atom. The smallest absolute Gasteiger partial charge is 0.262 e. The van der Waals surface area contributed by atoms with Gasteiger partial charge in [-0.2, -0.15) is 0 Å². The summed E-state index contributed by atoms with van der Waals surface area (Å²) in [6.45, 7) is -0.158. The van der Waals surface area contributed by atoms with Gasteiger partial charge in [0, 0.05) is 6.07 Å². The summed E-state index contributed by atoms with van der Waals surface area (Å²) in [6, 6.07) is 13.2. The van der Waals surface area contributed by atoms with Crippen molar-refractivity contribution in [1.29, 1.82) is 0 Å². The van der Waals surface area contributed by atoms with Crippen LogP contribution in [0.1, 0.15) is 0 Å². The lowest BCUT2D eigenvalue weighted by atomic mass is 10.3. The normalized spacial score (nSPS) is 9.95. The molecule has 2 N–H and O–H groups in total. The van der Waals surface area contributed by atoms with Gasteiger partial charge in [0.15, 0.2) is 6.61 Å². The molecule has 0 bridgehead atoms. The number of aromatic hydroxyl groups is 1. The van der Waals surface area contributed by atoms with Gasteiger partial charge in [0.25, 0.3) is 5.91 Å². The molecule has 2 aromatic rings. The van der Waals surface area contributed by atoms with Gasteiger partial charge >= 0.3 is 0 Å². The average Bonchev–Trinajstić information content (AvgIpc) is 2.39. The van der Waals surface area contributed by atoms with Crippen molar-refractivity contribution in [2.75, 3.05) is 11.9 Å². The first-order chi connectivity index (χ1) is 9.15. The van der Waals surface area contributed by atoms with Gasteiger partial charge in [-0.05, 0) is 24.3 Å². The molecule has 0 atom stereocenters. The quantitative estimate of drug-likeness (QED) is 0.903. The Balaban J connectivity index is 1.90. The third-order valence-corrected chi connectivity index (χ3v) is 2.67. The van der Waals surface area contributed by atoms with Gasteiger partial charge < -0.3 is 15.2 Å². The number of nitrogens with one attached hydrogen (secondary N) is 1. The van der Waals surface area contributed by atoms with Crippen LogP contribution < -0.4 is 10.1 Å². The molecule has 2 aromatic carbocycles. The molecule has 2 rings (SSSR count). The molecule has 0 aliphatic rings. The van der Waals surface area contributed by atoms with E-state index in [4.69, 9.17) is 16.3 Å². The second-order valence-electron chi connectivity index (χ2n) is 3.81. The molecular weight excluding hydrogens is 266 g/mol. The summed E-state index contributed by atoms with van der Waals surface area (Å²) < 4.78 is 5.25. The fraction of sp³-hybridized carbons (Fsp3) is 0.0714. The van der Waals surface area contributed by atoms with Gasteiger partial charge in [0.1, 0.15) is 11.5 Å². The van der Waals surface area contributed by atoms with Crippen molar-refractivity contribution >= 4 is 23.2 Å². The van der Waals surface area contributed by atoms with Crippen LogP contribution in [0.2, 0.25) is 5.02 Å². The van der Waals surface area contributed by atoms with Crippen LogP contribution in [-0.4, -0.2) is 17.6 Å². The minimum absolute atomic E-state index is 0.0870. The number of halogens is 1. The Labute approximate surface area is 115 Å². The Hall–Kier alpha value is -2.20. The molecule has 0 fully saturated rings. The van der Waals surface area contributed by atoms with E-state index in [1.165, 1.54) is 12.1 Å². The van der Waals surface area contributed by atoms with E-state index in [0.717, 1.165) is 0 Å². The van der Waals surface area contributed by atoms with Crippen LogP contribution in [0.3, 0.4) is 0 Å². The minimum Gasteiger partial charge on any atom is -0.508 e. The molecule has 0 aliphatic carbocycles. The van der Waals surface area contributed by atoms with Gasteiger partial charge in [-0.15, -0.1) is 0 Å². The fourth-order valence-electron chi connectivity index (χ4n) is 1.47. The van der Waals surface area contributed by atoms with Crippen LogP contribution in [-0.2, 0) is 4.79 Å². The lowest BCUT2D eigenvalue weighted by Gasteiger charge is -2.08. The number of hydrogen-bond donors (Lipinski definition) is 2. The van der Waals surface area contributed by atoms with Crippen LogP contribution in [0.15, 0.2) is 48.5 Å². The highest BCUT2D eigenvalue weighted by Crippen LogP contribution is 2.21. The number of amides is 1. The maximum atomic E-state index is 11.7. The number of carbonyl (C=O) groups excluding carboxylic acids is 1. The number of anilines is 1. The summed E-state index contributed by atoms with van der Waals surface area (Å²) in [6.07, 6.45) is 0. The molecule has 0 aliphatic heterocycles. The molecule has 1 amide bonds. The van der Waals surface area contributed by atoms with E-state index in [0.29, 0.717) is 16.5 Å². The van der Waals surface area contributed by atoms with E-state index >= 15 is 0 Å². The van der Waals surface area contributed by atoms with E-state index in [1.54, 1.807) is 36.4 Å². The highest BCUT2D eigenvalue weighted by Gasteiger charge is 2.06. The minimum atomic E-state index is -0.323. The topological polar surface area (TPSA) is 58.6 Å². The first kappa shape index (κ1) is 13.2. The monoisotopic (exact) mass is 277 g/mol. The Morgan fingerprint density at radius 1 is 1.21 bits per heavy atom. The van der Waals surface area contributed by atoms with Crippen LogP contribution in [0.4, 0.5) is 5.69 Å². The van der Waals surface area contributed by atoms with E-state index in [1.807, 2.05) is 0 Å². The molecule has 0 radical (unpaired) electrons. The summed E-state index contributed by atoms with van der Waals surface area (Å²) in [5, 5.41) is 12.4. The zero-order chi connectivity index (χ0) is 13.7. The van der Waals surface area contributed by atoms with Gasteiger partial charge in [0.2, 0.25) is 0 Å². The van der Waals surface area contributed by atoms with Gasteiger partial charge in [-0.3, -0.25) is 4.79 Å². The first-order valence-corrected chi connectivity index (χ1v) is 5.99. The Morgan fingerprint density at radius 2 is 2.00 bits per heavy atom. The molecule has 5 heteroatoms. The third-order valence-electron chi connectivity index (χ3n) is 2.34. The SMILES string of the molecule is O=C(COc1cccc(O)c1)Nc1ccccc1Cl. The molecule has 4 nitrogen and oxygen atoms in total. The maximum Gasteiger partial charge on any atom is 0.262 e. The van der Waals surface area contributed by atoms with Crippen molar-refractivity contribution < 1.29 is 14.6 Å². The van der Waals surface area contributed by atoms with Crippen molar-refractivity contribution in [3.63, 3.8) is 0 Å². The number of ether oxygens (including phenoxy) is 1. The number of hydrogen-bond acceptors (Lipinski definition) is 3. The molecule has 0 spiro atoms. The predicted molar refractivity (Wildman–Crippen MR) is 73.7 cm³/mol. The molecule has 0 unspecified atom stereocenters. The van der Waals surface area contributed by atoms with E-state index in [2.05, 4.69) is 5.32 Å². The summed E-state index contributed by atoms with van der Waals surface area (Å²) in [4.78, 5) is 11.7. The zero-order valence-corrected chi connectivity index (χ0v) is 10.7. The van der Waals surface area contributed by atoms with E-state index in [9.17, 15) is 9.90 Å². The average molecular weight is 278 g/mol. The first-order valence-electron chi connectivity index (χ1n) is 5.61. The number of carbonyl (C=O) groups is 1. The van der Waals surface area contributed by atoms with Crippen LogP contribution >= 0.6 is 11.6 Å². The fourth-order valence-corrected chi connectivity index (χ4v) is 1.65. The van der Waals surface area contributed by atoms with Gasteiger partial charge in [-0.25, -0.2) is 0 Å². The number of para-hydroxylation sites is 1. The van der Waals surface area contributed by atoms with Crippen molar-refractivity contribution in [3.05, 3.63) is 53.6 Å². The molecule has 0 saturated heterocycles. The summed E-state index contributed by atoms with van der Waals surface area (Å²) in [5.41, 5.74) is 0.536. The second-order valence-corrected chi connectivity index (χ2v) is 4.22. The highest BCUT2D eigenvalue weighted by atomic mass is 35.5. The molecule has 0 heterocycles. The molecule has 0 saturated carbocycles. The number of rotatable bonds is 4. The van der Waals surface area contributed by atoms with E-state index in [-0.39, 0.29) is 18.3 Å². The van der Waals surface area contributed by atoms with Gasteiger partial charge in [-0.1, -0.05) is 29.8 Å². The largest absolute Gasteiger partial charge is 0.508 e. The third kappa shape index (κ3) is 3.89. The van der Waals surface area contributed by atoms with Crippen LogP contribution in [0, 0.1) is 0 Å². The summed E-state index contributed by atoms with van der Waals surface area (Å²) >= 11 is 5.92. The van der Waals surface area contributed by atoms with Crippen LogP contribution in [0.5, 0.6) is 11.5 Å². The standard InChI is InChI=1S/C14H12ClNO3/c15-12-6-1-2-7-13(12)16-14(18)9-19-11-5-3-4-10(17)8-11/h1-8,17H,9H2,(H,16,18).